The highest BCUT2D eigenvalue weighted by atomic mass is 32.2. The number of carbonyl (C=O) groups excluding carboxylic acids is 1. The molecule has 92 valence electrons. The lowest BCUT2D eigenvalue weighted by Gasteiger charge is -2.09. The molecule has 1 unspecified atom stereocenters. The number of alkyl halides is 1. The van der Waals surface area contributed by atoms with Crippen LogP contribution >= 0.6 is 11.8 Å². The van der Waals surface area contributed by atoms with E-state index >= 15 is 0 Å². The molecule has 3 atom stereocenters. The van der Waals surface area contributed by atoms with Gasteiger partial charge in [-0.05, 0) is 18.6 Å². The molecule has 0 radical (unpaired) electrons. The minimum atomic E-state index is -1.22. The smallest absolute Gasteiger partial charge is 0.338 e. The first-order chi connectivity index (χ1) is 8.16. The van der Waals surface area contributed by atoms with Crippen molar-refractivity contribution in [3.63, 3.8) is 0 Å². The number of esters is 1. The van der Waals surface area contributed by atoms with E-state index in [-0.39, 0.29) is 18.3 Å². The Hall–Kier alpha value is -1.07. The summed E-state index contributed by atoms with van der Waals surface area (Å²) in [6, 6.07) is 8.64. The third kappa shape index (κ3) is 3.20. The van der Waals surface area contributed by atoms with Crippen LogP contribution < -0.4 is 0 Å². The molecule has 0 aromatic heterocycles. The van der Waals surface area contributed by atoms with Crippen molar-refractivity contribution in [3.8, 4) is 0 Å². The number of carbonyl (C=O) groups is 1. The maximum absolute atomic E-state index is 13.0. The minimum Gasteiger partial charge on any atom is -0.461 e. The predicted molar refractivity (Wildman–Crippen MR) is 63.6 cm³/mol. The number of aliphatic hydroxyl groups excluding tert-OH is 1. The van der Waals surface area contributed by atoms with E-state index in [1.807, 2.05) is 6.07 Å². The Morgan fingerprint density at radius 3 is 2.76 bits per heavy atom. The van der Waals surface area contributed by atoms with Gasteiger partial charge in [0.05, 0.1) is 5.56 Å². The fourth-order valence-electron chi connectivity index (χ4n) is 1.64. The van der Waals surface area contributed by atoms with Crippen molar-refractivity contribution in [1.29, 1.82) is 0 Å². The van der Waals surface area contributed by atoms with E-state index in [1.165, 1.54) is 0 Å². The predicted octanol–water partition coefficient (Wildman–Crippen LogP) is 2.01. The number of rotatable bonds is 3. The fourth-order valence-corrected chi connectivity index (χ4v) is 2.76. The maximum Gasteiger partial charge on any atom is 0.338 e. The number of halogens is 1. The summed E-state index contributed by atoms with van der Waals surface area (Å²) in [5, 5.41) is 9.04. The molecule has 1 aliphatic rings. The molecule has 1 heterocycles. The summed E-state index contributed by atoms with van der Waals surface area (Å²) < 4.78 is 18.1. The Balaban J connectivity index is 1.81. The van der Waals surface area contributed by atoms with Gasteiger partial charge in [-0.1, -0.05) is 18.2 Å². The molecule has 0 saturated carbocycles. The van der Waals surface area contributed by atoms with E-state index in [2.05, 4.69) is 0 Å². The zero-order chi connectivity index (χ0) is 12.3. The average Bonchev–Trinajstić information content (AvgIpc) is 2.67. The van der Waals surface area contributed by atoms with Crippen molar-refractivity contribution in [2.24, 2.45) is 0 Å². The van der Waals surface area contributed by atoms with Crippen LogP contribution in [0.3, 0.4) is 0 Å². The highest BCUT2D eigenvalue weighted by Crippen LogP contribution is 2.34. The van der Waals surface area contributed by atoms with Gasteiger partial charge in [0.1, 0.15) is 18.2 Å². The van der Waals surface area contributed by atoms with E-state index in [0.717, 1.165) is 11.8 Å². The van der Waals surface area contributed by atoms with Gasteiger partial charge >= 0.3 is 5.97 Å². The highest BCUT2D eigenvalue weighted by molar-refractivity contribution is 8.00. The summed E-state index contributed by atoms with van der Waals surface area (Å²) >= 11 is 1.11. The number of hydrogen-bond donors (Lipinski definition) is 1. The topological polar surface area (TPSA) is 46.5 Å². The van der Waals surface area contributed by atoms with Crippen LogP contribution in [0.15, 0.2) is 30.3 Å². The van der Waals surface area contributed by atoms with Gasteiger partial charge in [-0.25, -0.2) is 9.18 Å². The molecular formula is C12H13FO3S. The molecule has 1 N–H and O–H groups in total. The maximum atomic E-state index is 13.0. The lowest BCUT2D eigenvalue weighted by Crippen LogP contribution is -2.15. The molecule has 0 spiro atoms. The van der Waals surface area contributed by atoms with Gasteiger partial charge in [0.25, 0.3) is 0 Å². The molecule has 1 aliphatic heterocycles. The summed E-state index contributed by atoms with van der Waals surface area (Å²) in [6.45, 7) is 0.135. The van der Waals surface area contributed by atoms with Crippen LogP contribution in [0.25, 0.3) is 0 Å². The molecule has 1 fully saturated rings. The van der Waals surface area contributed by atoms with Gasteiger partial charge < -0.3 is 9.84 Å². The normalized spacial score (nSPS) is 28.0. The van der Waals surface area contributed by atoms with Crippen molar-refractivity contribution in [2.45, 2.75) is 23.3 Å². The lowest BCUT2D eigenvalue weighted by molar-refractivity contribution is 0.0498. The molecular weight excluding hydrogens is 243 g/mol. The lowest BCUT2D eigenvalue weighted by atomic mass is 10.2. The van der Waals surface area contributed by atoms with Crippen molar-refractivity contribution in [2.75, 3.05) is 6.61 Å². The molecule has 17 heavy (non-hydrogen) atoms. The van der Waals surface area contributed by atoms with E-state index in [0.29, 0.717) is 5.56 Å². The summed E-state index contributed by atoms with van der Waals surface area (Å²) in [7, 11) is 0. The van der Waals surface area contributed by atoms with Gasteiger partial charge in [0, 0.05) is 5.25 Å². The van der Waals surface area contributed by atoms with E-state index in [4.69, 9.17) is 4.74 Å². The molecule has 0 aliphatic carbocycles. The van der Waals surface area contributed by atoms with Gasteiger partial charge in [-0.15, -0.1) is 11.8 Å². The average molecular weight is 256 g/mol. The largest absolute Gasteiger partial charge is 0.461 e. The number of hydrogen-bond acceptors (Lipinski definition) is 4. The highest BCUT2D eigenvalue weighted by Gasteiger charge is 2.34. The Bertz CT molecular complexity index is 375. The second-order valence-electron chi connectivity index (χ2n) is 3.86. The van der Waals surface area contributed by atoms with Gasteiger partial charge in [0.2, 0.25) is 0 Å². The van der Waals surface area contributed by atoms with Crippen molar-refractivity contribution >= 4 is 17.7 Å². The van der Waals surface area contributed by atoms with Crippen molar-refractivity contribution < 1.29 is 19.0 Å². The van der Waals surface area contributed by atoms with Crippen LogP contribution in [-0.4, -0.2) is 34.5 Å². The van der Waals surface area contributed by atoms with Gasteiger partial charge in [-0.3, -0.25) is 0 Å². The first-order valence-electron chi connectivity index (χ1n) is 5.36. The standard InChI is InChI=1S/C12H13FO3S/c13-10-6-9(17-12(10)15)7-16-11(14)8-4-2-1-3-5-8/h1-5,9-10,12,15H,6-7H2/t9-,10-,12?/m0/s1. The van der Waals surface area contributed by atoms with E-state index < -0.39 is 17.6 Å². The van der Waals surface area contributed by atoms with Crippen LogP contribution in [0.2, 0.25) is 0 Å². The Kier molecular flexibility index (Phi) is 4.02. The monoisotopic (exact) mass is 256 g/mol. The molecule has 0 amide bonds. The molecule has 0 bridgehead atoms. The van der Waals surface area contributed by atoms with E-state index in [9.17, 15) is 14.3 Å². The zero-order valence-electron chi connectivity index (χ0n) is 9.08. The number of ether oxygens (including phenoxy) is 1. The Morgan fingerprint density at radius 2 is 2.18 bits per heavy atom. The summed E-state index contributed by atoms with van der Waals surface area (Å²) in [5.74, 6) is -0.414. The van der Waals surface area contributed by atoms with Crippen molar-refractivity contribution in [3.05, 3.63) is 35.9 Å². The molecule has 3 nitrogen and oxygen atoms in total. The van der Waals surface area contributed by atoms with Crippen LogP contribution in [0.4, 0.5) is 4.39 Å². The molecule has 1 aromatic carbocycles. The SMILES string of the molecule is O=C(OC[C@@H]1C[C@H](F)C(O)S1)c1ccccc1. The van der Waals surface area contributed by atoms with Crippen LogP contribution in [0, 0.1) is 0 Å². The Labute approximate surface area is 103 Å². The molecule has 2 rings (SSSR count). The third-order valence-corrected chi connectivity index (χ3v) is 3.83. The molecule has 1 aromatic rings. The van der Waals surface area contributed by atoms with Gasteiger partial charge in [-0.2, -0.15) is 0 Å². The number of benzene rings is 1. The Morgan fingerprint density at radius 1 is 1.47 bits per heavy atom. The molecule has 1 saturated heterocycles. The van der Waals surface area contributed by atoms with Crippen LogP contribution in [0.1, 0.15) is 16.8 Å². The van der Waals surface area contributed by atoms with Crippen LogP contribution in [0.5, 0.6) is 0 Å². The fraction of sp³-hybridized carbons (Fsp3) is 0.417. The second-order valence-corrected chi connectivity index (χ2v) is 5.29. The number of aliphatic hydroxyl groups is 1. The summed E-state index contributed by atoms with van der Waals surface area (Å²) in [4.78, 5) is 11.6. The summed E-state index contributed by atoms with van der Waals surface area (Å²) in [6.07, 6.45) is -0.992. The quantitative estimate of drug-likeness (QED) is 0.840. The first kappa shape index (κ1) is 12.4. The second kappa shape index (κ2) is 5.51. The first-order valence-corrected chi connectivity index (χ1v) is 6.31. The molecule has 5 heteroatoms. The van der Waals surface area contributed by atoms with Crippen LogP contribution in [-0.2, 0) is 4.74 Å². The number of thioether (sulfide) groups is 1. The van der Waals surface area contributed by atoms with Crippen molar-refractivity contribution in [1.82, 2.24) is 0 Å². The third-order valence-electron chi connectivity index (χ3n) is 2.54. The summed E-state index contributed by atoms with van der Waals surface area (Å²) in [5.41, 5.74) is -0.511. The zero-order valence-corrected chi connectivity index (χ0v) is 9.90. The van der Waals surface area contributed by atoms with Gasteiger partial charge in [0.15, 0.2) is 0 Å². The minimum absolute atomic E-state index is 0.135. The van der Waals surface area contributed by atoms with E-state index in [1.54, 1.807) is 24.3 Å².